The molecule has 4 rings (SSSR count). The Morgan fingerprint density at radius 2 is 1.76 bits per heavy atom. The van der Waals surface area contributed by atoms with E-state index < -0.39 is 6.04 Å². The highest BCUT2D eigenvalue weighted by atomic mass is 35.5. The average Bonchev–Trinajstić information content (AvgIpc) is 3.11. The van der Waals surface area contributed by atoms with Crippen LogP contribution in [0.25, 0.3) is 10.8 Å². The van der Waals surface area contributed by atoms with E-state index in [2.05, 4.69) is 12.2 Å². The van der Waals surface area contributed by atoms with Gasteiger partial charge in [0.2, 0.25) is 11.8 Å². The molecule has 1 heterocycles. The third kappa shape index (κ3) is 4.77. The first kappa shape index (κ1) is 23.8. The summed E-state index contributed by atoms with van der Waals surface area (Å²) in [5, 5.41) is 5.33. The van der Waals surface area contributed by atoms with Crippen LogP contribution in [-0.2, 0) is 16.1 Å². The fraction of sp³-hybridized carbons (Fsp3) is 0.296. The number of benzene rings is 3. The van der Waals surface area contributed by atoms with Gasteiger partial charge in [-0.25, -0.2) is 0 Å². The molecule has 1 unspecified atom stereocenters. The Balaban J connectivity index is 1.59. The van der Waals surface area contributed by atoms with Crippen molar-refractivity contribution in [2.24, 2.45) is 0 Å². The molecular weight excluding hydrogens is 450 g/mol. The van der Waals surface area contributed by atoms with Crippen LogP contribution in [0.2, 0.25) is 5.02 Å². The van der Waals surface area contributed by atoms with Crippen molar-refractivity contribution >= 4 is 45.8 Å². The van der Waals surface area contributed by atoms with Gasteiger partial charge in [-0.3, -0.25) is 19.3 Å². The standard InChI is InChI=1S/C27H28ClN3O3/c1-3-4-15-29-26(33)18(2)30(16-19-11-13-21(28)14-12-19)24(32)17-31-23-10-6-8-20-7-5-9-22(25(20)23)27(31)34/h5-14,18H,3-4,15-17H2,1-2H3,(H,29,33). The van der Waals surface area contributed by atoms with Gasteiger partial charge in [0.05, 0.1) is 5.69 Å². The molecule has 3 amide bonds. The average molecular weight is 478 g/mol. The molecule has 3 aromatic rings. The van der Waals surface area contributed by atoms with Crippen LogP contribution in [0, 0.1) is 0 Å². The molecule has 0 aliphatic carbocycles. The number of rotatable bonds is 9. The van der Waals surface area contributed by atoms with Gasteiger partial charge < -0.3 is 10.2 Å². The van der Waals surface area contributed by atoms with Crippen molar-refractivity contribution < 1.29 is 14.4 Å². The summed E-state index contributed by atoms with van der Waals surface area (Å²) in [6.45, 7) is 4.42. The molecule has 0 radical (unpaired) electrons. The molecule has 1 N–H and O–H groups in total. The highest BCUT2D eigenvalue weighted by Gasteiger charge is 2.34. The second kappa shape index (κ2) is 10.3. The molecule has 1 aliphatic rings. The van der Waals surface area contributed by atoms with Gasteiger partial charge in [0.1, 0.15) is 12.6 Å². The first-order chi connectivity index (χ1) is 16.4. The third-order valence-corrected chi connectivity index (χ3v) is 6.46. The molecule has 0 aromatic heterocycles. The van der Waals surface area contributed by atoms with Gasteiger partial charge in [0, 0.05) is 29.1 Å². The van der Waals surface area contributed by atoms with Crippen molar-refractivity contribution in [3.63, 3.8) is 0 Å². The van der Waals surface area contributed by atoms with E-state index in [-0.39, 0.29) is 30.8 Å². The van der Waals surface area contributed by atoms with Crippen molar-refractivity contribution in [1.29, 1.82) is 0 Å². The zero-order chi connectivity index (χ0) is 24.2. The number of nitrogens with zero attached hydrogens (tertiary/aromatic N) is 2. The Labute approximate surface area is 204 Å². The molecule has 0 saturated heterocycles. The van der Waals surface area contributed by atoms with Gasteiger partial charge in [-0.2, -0.15) is 0 Å². The molecular formula is C27H28ClN3O3. The van der Waals surface area contributed by atoms with Crippen molar-refractivity contribution in [1.82, 2.24) is 10.2 Å². The fourth-order valence-electron chi connectivity index (χ4n) is 4.27. The predicted octanol–water partition coefficient (Wildman–Crippen LogP) is 4.79. The molecule has 0 fully saturated rings. The van der Waals surface area contributed by atoms with E-state index in [0.717, 1.165) is 34.9 Å². The lowest BCUT2D eigenvalue weighted by Crippen LogP contribution is -2.51. The van der Waals surface area contributed by atoms with Crippen LogP contribution in [0.4, 0.5) is 5.69 Å². The van der Waals surface area contributed by atoms with Gasteiger partial charge in [0.15, 0.2) is 0 Å². The maximum atomic E-state index is 13.6. The molecule has 1 atom stereocenters. The van der Waals surface area contributed by atoms with Crippen LogP contribution < -0.4 is 10.2 Å². The van der Waals surface area contributed by atoms with Crippen LogP contribution in [0.15, 0.2) is 60.7 Å². The summed E-state index contributed by atoms with van der Waals surface area (Å²) in [6, 6.07) is 17.8. The Hall–Kier alpha value is -3.38. The van der Waals surface area contributed by atoms with Crippen molar-refractivity contribution in [2.75, 3.05) is 18.0 Å². The SMILES string of the molecule is CCCCNC(=O)C(C)N(Cc1ccc(Cl)cc1)C(=O)CN1C(=O)c2cccc3cccc1c23. The maximum Gasteiger partial charge on any atom is 0.259 e. The van der Waals surface area contributed by atoms with Gasteiger partial charge in [-0.1, -0.05) is 61.3 Å². The number of carbonyl (C=O) groups is 3. The molecule has 176 valence electrons. The van der Waals surface area contributed by atoms with Crippen molar-refractivity contribution in [3.8, 4) is 0 Å². The lowest BCUT2D eigenvalue weighted by atomic mass is 10.1. The molecule has 6 nitrogen and oxygen atoms in total. The van der Waals surface area contributed by atoms with Crippen LogP contribution in [0.5, 0.6) is 0 Å². The molecule has 0 saturated carbocycles. The number of unbranched alkanes of at least 4 members (excludes halogenated alkanes) is 1. The Morgan fingerprint density at radius 3 is 2.47 bits per heavy atom. The second-order valence-electron chi connectivity index (χ2n) is 8.54. The lowest BCUT2D eigenvalue weighted by Gasteiger charge is -2.30. The molecule has 0 spiro atoms. The van der Waals surface area contributed by atoms with Crippen molar-refractivity contribution in [2.45, 2.75) is 39.3 Å². The number of amides is 3. The van der Waals surface area contributed by atoms with Crippen LogP contribution in [-0.4, -0.2) is 41.8 Å². The Bertz CT molecular complexity index is 1220. The summed E-state index contributed by atoms with van der Waals surface area (Å²) in [5.41, 5.74) is 2.16. The maximum absolute atomic E-state index is 13.6. The minimum Gasteiger partial charge on any atom is -0.354 e. The smallest absolute Gasteiger partial charge is 0.259 e. The summed E-state index contributed by atoms with van der Waals surface area (Å²) >= 11 is 6.02. The largest absolute Gasteiger partial charge is 0.354 e. The number of halogens is 1. The van der Waals surface area contributed by atoms with Gasteiger partial charge >= 0.3 is 0 Å². The lowest BCUT2D eigenvalue weighted by molar-refractivity contribution is -0.139. The first-order valence-corrected chi connectivity index (χ1v) is 11.9. The van der Waals surface area contributed by atoms with Crippen LogP contribution >= 0.6 is 11.6 Å². The Morgan fingerprint density at radius 1 is 1.06 bits per heavy atom. The molecule has 3 aromatic carbocycles. The quantitative estimate of drug-likeness (QED) is 0.450. The van der Waals surface area contributed by atoms with Gasteiger partial charge in [-0.05, 0) is 48.6 Å². The molecule has 7 heteroatoms. The monoisotopic (exact) mass is 477 g/mol. The topological polar surface area (TPSA) is 69.7 Å². The highest BCUT2D eigenvalue weighted by molar-refractivity contribution is 6.30. The summed E-state index contributed by atoms with van der Waals surface area (Å²) in [6.07, 6.45) is 1.83. The zero-order valence-electron chi connectivity index (χ0n) is 19.4. The number of hydrogen-bond donors (Lipinski definition) is 1. The second-order valence-corrected chi connectivity index (χ2v) is 8.98. The minimum atomic E-state index is -0.698. The zero-order valence-corrected chi connectivity index (χ0v) is 20.1. The number of anilines is 1. The van der Waals surface area contributed by atoms with Crippen molar-refractivity contribution in [3.05, 3.63) is 76.8 Å². The van der Waals surface area contributed by atoms with E-state index in [0.29, 0.717) is 17.1 Å². The minimum absolute atomic E-state index is 0.146. The summed E-state index contributed by atoms with van der Waals surface area (Å²) in [5.74, 6) is -0.716. The number of nitrogens with one attached hydrogen (secondary N) is 1. The summed E-state index contributed by atoms with van der Waals surface area (Å²) < 4.78 is 0. The molecule has 0 bridgehead atoms. The van der Waals surface area contributed by atoms with Gasteiger partial charge in [-0.15, -0.1) is 0 Å². The third-order valence-electron chi connectivity index (χ3n) is 6.21. The first-order valence-electron chi connectivity index (χ1n) is 11.6. The van der Waals surface area contributed by atoms with Crippen LogP contribution in [0.3, 0.4) is 0 Å². The summed E-state index contributed by atoms with van der Waals surface area (Å²) in [7, 11) is 0. The highest BCUT2D eigenvalue weighted by Crippen LogP contribution is 2.37. The van der Waals surface area contributed by atoms with E-state index in [1.54, 1.807) is 25.1 Å². The van der Waals surface area contributed by atoms with Gasteiger partial charge in [0.25, 0.3) is 5.91 Å². The molecule has 1 aliphatic heterocycles. The van der Waals surface area contributed by atoms with E-state index in [1.165, 1.54) is 9.80 Å². The Kier molecular flexibility index (Phi) is 7.17. The summed E-state index contributed by atoms with van der Waals surface area (Å²) in [4.78, 5) is 42.6. The van der Waals surface area contributed by atoms with E-state index >= 15 is 0 Å². The molecule has 34 heavy (non-hydrogen) atoms. The number of carbonyl (C=O) groups excluding carboxylic acids is 3. The van der Waals surface area contributed by atoms with Crippen LogP contribution in [0.1, 0.15) is 42.6 Å². The fourth-order valence-corrected chi connectivity index (χ4v) is 4.39. The number of hydrogen-bond acceptors (Lipinski definition) is 3. The van der Waals surface area contributed by atoms with E-state index in [9.17, 15) is 14.4 Å². The normalized spacial score (nSPS) is 13.3. The van der Waals surface area contributed by atoms with E-state index in [4.69, 9.17) is 11.6 Å². The van der Waals surface area contributed by atoms with E-state index in [1.807, 2.05) is 42.5 Å². The predicted molar refractivity (Wildman–Crippen MR) is 135 cm³/mol.